The first-order valence-electron chi connectivity index (χ1n) is 14.4. The number of aliphatic carboxylic acids is 1. The number of carboxylic acids is 1. The molecule has 0 saturated heterocycles. The molecule has 7 nitrogen and oxygen atoms in total. The zero-order chi connectivity index (χ0) is 30.4. The predicted octanol–water partition coefficient (Wildman–Crippen LogP) is 7.09. The SMILES string of the molecule is COc1cc(C2C3=C(CC(C)(C)CC3=O)N(CCC(=O)O)C3=C2C(=O)CC(C)(C)C3)cc(Cl)c1OCc1ccccc1. The van der Waals surface area contributed by atoms with E-state index in [2.05, 4.69) is 27.7 Å². The van der Waals surface area contributed by atoms with E-state index >= 15 is 0 Å². The van der Waals surface area contributed by atoms with Gasteiger partial charge in [-0.3, -0.25) is 14.4 Å². The van der Waals surface area contributed by atoms with Crippen molar-refractivity contribution in [1.29, 1.82) is 0 Å². The molecule has 0 aromatic heterocycles. The maximum atomic E-state index is 14.0. The molecule has 2 aromatic rings. The summed E-state index contributed by atoms with van der Waals surface area (Å²) in [6, 6.07) is 13.3. The van der Waals surface area contributed by atoms with Crippen LogP contribution in [0.5, 0.6) is 11.5 Å². The van der Waals surface area contributed by atoms with E-state index in [4.69, 9.17) is 21.1 Å². The van der Waals surface area contributed by atoms with Crippen LogP contribution in [0.25, 0.3) is 0 Å². The number of carboxylic acid groups (broad SMARTS) is 1. The molecule has 0 atom stereocenters. The summed E-state index contributed by atoms with van der Waals surface area (Å²) in [4.78, 5) is 41.6. The highest BCUT2D eigenvalue weighted by molar-refractivity contribution is 6.32. The van der Waals surface area contributed by atoms with Crippen molar-refractivity contribution in [3.63, 3.8) is 0 Å². The van der Waals surface area contributed by atoms with Crippen LogP contribution in [-0.2, 0) is 21.0 Å². The molecular formula is C34H38ClNO6. The van der Waals surface area contributed by atoms with Gasteiger partial charge in [0.1, 0.15) is 6.61 Å². The quantitative estimate of drug-likeness (QED) is 0.350. The maximum absolute atomic E-state index is 14.0. The van der Waals surface area contributed by atoms with E-state index in [0.717, 1.165) is 17.0 Å². The van der Waals surface area contributed by atoms with Gasteiger partial charge in [0.15, 0.2) is 23.1 Å². The third-order valence-corrected chi connectivity index (χ3v) is 8.66. The normalized spacial score (nSPS) is 19.9. The van der Waals surface area contributed by atoms with Crippen molar-refractivity contribution in [2.45, 2.75) is 72.3 Å². The Hall–Kier alpha value is -3.58. The minimum atomic E-state index is -0.924. The van der Waals surface area contributed by atoms with Crippen LogP contribution in [0.4, 0.5) is 0 Å². The van der Waals surface area contributed by atoms with Gasteiger partial charge in [-0.25, -0.2) is 0 Å². The van der Waals surface area contributed by atoms with Gasteiger partial charge in [0, 0.05) is 47.8 Å². The third kappa shape index (κ3) is 5.84. The number of benzene rings is 2. The van der Waals surface area contributed by atoms with Crippen LogP contribution < -0.4 is 9.47 Å². The van der Waals surface area contributed by atoms with E-state index in [1.807, 2.05) is 41.3 Å². The van der Waals surface area contributed by atoms with E-state index in [0.29, 0.717) is 65.5 Å². The number of halogens is 1. The van der Waals surface area contributed by atoms with Crippen LogP contribution in [0.1, 0.15) is 76.8 Å². The molecule has 0 fully saturated rings. The van der Waals surface area contributed by atoms with E-state index in [1.165, 1.54) is 7.11 Å². The molecule has 0 saturated carbocycles. The number of hydrogen-bond acceptors (Lipinski definition) is 6. The largest absolute Gasteiger partial charge is 0.493 e. The van der Waals surface area contributed by atoms with Crippen molar-refractivity contribution >= 4 is 29.1 Å². The zero-order valence-corrected chi connectivity index (χ0v) is 25.6. The van der Waals surface area contributed by atoms with Crippen LogP contribution in [-0.4, -0.2) is 41.2 Å². The van der Waals surface area contributed by atoms with Crippen molar-refractivity contribution in [2.75, 3.05) is 13.7 Å². The number of ether oxygens (including phenoxy) is 2. The summed E-state index contributed by atoms with van der Waals surface area (Å²) in [5.74, 6) is -0.810. The predicted molar refractivity (Wildman–Crippen MR) is 161 cm³/mol. The maximum Gasteiger partial charge on any atom is 0.305 e. The van der Waals surface area contributed by atoms with Gasteiger partial charge in [-0.1, -0.05) is 69.6 Å². The monoisotopic (exact) mass is 591 g/mol. The second kappa shape index (κ2) is 11.3. The second-order valence-corrected chi connectivity index (χ2v) is 13.5. The number of carbonyl (C=O) groups is 3. The number of carbonyl (C=O) groups excluding carboxylic acids is 2. The fourth-order valence-corrected chi connectivity index (χ4v) is 6.91. The Morgan fingerprint density at radius 3 is 2.05 bits per heavy atom. The molecule has 222 valence electrons. The van der Waals surface area contributed by atoms with Gasteiger partial charge < -0.3 is 19.5 Å². The first-order valence-corrected chi connectivity index (χ1v) is 14.7. The average Bonchev–Trinajstić information content (AvgIpc) is 2.89. The molecule has 5 rings (SSSR count). The lowest BCUT2D eigenvalue weighted by atomic mass is 9.63. The summed E-state index contributed by atoms with van der Waals surface area (Å²) in [5.41, 5.74) is 3.78. The van der Waals surface area contributed by atoms with Gasteiger partial charge in [0.05, 0.1) is 18.6 Å². The molecule has 2 aromatic carbocycles. The van der Waals surface area contributed by atoms with E-state index < -0.39 is 11.9 Å². The Bertz CT molecular complexity index is 1450. The third-order valence-electron chi connectivity index (χ3n) is 8.38. The van der Waals surface area contributed by atoms with Gasteiger partial charge in [-0.2, -0.15) is 0 Å². The number of rotatable bonds is 8. The van der Waals surface area contributed by atoms with Crippen LogP contribution in [0, 0.1) is 10.8 Å². The molecule has 42 heavy (non-hydrogen) atoms. The molecule has 3 aliphatic rings. The van der Waals surface area contributed by atoms with Gasteiger partial charge in [0.2, 0.25) is 0 Å². The zero-order valence-electron chi connectivity index (χ0n) is 24.9. The summed E-state index contributed by atoms with van der Waals surface area (Å²) >= 11 is 6.84. The summed E-state index contributed by atoms with van der Waals surface area (Å²) in [6.07, 6.45) is 1.76. The van der Waals surface area contributed by atoms with Crippen molar-refractivity contribution in [3.05, 3.63) is 81.2 Å². The minimum absolute atomic E-state index is 0.0322. The first-order chi connectivity index (χ1) is 19.8. The highest BCUT2D eigenvalue weighted by atomic mass is 35.5. The van der Waals surface area contributed by atoms with Crippen LogP contribution >= 0.6 is 11.6 Å². The van der Waals surface area contributed by atoms with Gasteiger partial charge in [-0.05, 0) is 46.9 Å². The molecule has 1 heterocycles. The fourth-order valence-electron chi connectivity index (χ4n) is 6.63. The van der Waals surface area contributed by atoms with Gasteiger partial charge in [0.25, 0.3) is 0 Å². The number of Topliss-reactive ketones (excluding diaryl/α,β-unsaturated/α-hetero) is 2. The Balaban J connectivity index is 1.67. The topological polar surface area (TPSA) is 93.1 Å². The smallest absolute Gasteiger partial charge is 0.305 e. The van der Waals surface area contributed by atoms with Crippen molar-refractivity contribution in [3.8, 4) is 11.5 Å². The van der Waals surface area contributed by atoms with Crippen LogP contribution in [0.2, 0.25) is 5.02 Å². The average molecular weight is 592 g/mol. The van der Waals surface area contributed by atoms with Crippen molar-refractivity contribution in [1.82, 2.24) is 4.90 Å². The lowest BCUT2D eigenvalue weighted by Gasteiger charge is -2.49. The molecule has 1 aliphatic heterocycles. The minimum Gasteiger partial charge on any atom is -0.493 e. The summed E-state index contributed by atoms with van der Waals surface area (Å²) < 4.78 is 11.8. The number of hydrogen-bond donors (Lipinski definition) is 1. The van der Waals surface area contributed by atoms with Gasteiger partial charge in [-0.15, -0.1) is 0 Å². The highest BCUT2D eigenvalue weighted by Crippen LogP contribution is 2.55. The summed E-state index contributed by atoms with van der Waals surface area (Å²) in [6.45, 7) is 8.71. The fraction of sp³-hybridized carbons (Fsp3) is 0.441. The molecule has 0 spiro atoms. The molecule has 2 aliphatic carbocycles. The van der Waals surface area contributed by atoms with Crippen molar-refractivity contribution in [2.24, 2.45) is 10.8 Å². The molecule has 0 radical (unpaired) electrons. The Morgan fingerprint density at radius 1 is 0.952 bits per heavy atom. The lowest BCUT2D eigenvalue weighted by Crippen LogP contribution is -2.45. The van der Waals surface area contributed by atoms with Crippen molar-refractivity contribution < 1.29 is 29.0 Å². The molecule has 1 N–H and O–H groups in total. The molecule has 0 amide bonds. The number of ketones is 2. The Labute approximate surface area is 252 Å². The van der Waals surface area contributed by atoms with E-state index in [1.54, 1.807) is 6.07 Å². The number of nitrogens with zero attached hydrogens (tertiary/aromatic N) is 1. The Morgan fingerprint density at radius 2 is 1.52 bits per heavy atom. The first kappa shape index (κ1) is 29.9. The number of allylic oxidation sites excluding steroid dienone is 4. The van der Waals surface area contributed by atoms with Crippen LogP contribution in [0.3, 0.4) is 0 Å². The standard InChI is InChI=1S/C34H38ClNO6/c1-33(2)15-23-30(25(37)17-33)29(31-24(36(23)12-11-28(39)40)16-34(3,4)18-26(31)38)21-13-22(35)32(27(14-21)41-5)42-19-20-9-7-6-8-10-20/h6-10,13-14,29H,11-12,15-19H2,1-5H3,(H,39,40). The molecular weight excluding hydrogens is 554 g/mol. The molecule has 0 bridgehead atoms. The summed E-state index contributed by atoms with van der Waals surface area (Å²) in [5, 5.41) is 9.90. The second-order valence-electron chi connectivity index (χ2n) is 13.1. The van der Waals surface area contributed by atoms with E-state index in [-0.39, 0.29) is 35.4 Å². The van der Waals surface area contributed by atoms with Crippen LogP contribution in [0.15, 0.2) is 65.0 Å². The summed E-state index contributed by atoms with van der Waals surface area (Å²) in [7, 11) is 1.54. The molecule has 0 unspecified atom stereocenters. The molecule has 8 heteroatoms. The Kier molecular flexibility index (Phi) is 8.01. The number of methoxy groups -OCH3 is 1. The van der Waals surface area contributed by atoms with E-state index in [9.17, 15) is 19.5 Å². The highest BCUT2D eigenvalue weighted by Gasteiger charge is 2.49. The van der Waals surface area contributed by atoms with Gasteiger partial charge >= 0.3 is 5.97 Å². The lowest BCUT2D eigenvalue weighted by molar-refractivity contribution is -0.137.